The first-order valence-corrected chi connectivity index (χ1v) is 10.3. The van der Waals surface area contributed by atoms with Gasteiger partial charge < -0.3 is 19.7 Å². The topological polar surface area (TPSA) is 67.9 Å². The van der Waals surface area contributed by atoms with Crippen LogP contribution in [0.2, 0.25) is 0 Å². The number of para-hydroxylation sites is 2. The molecule has 0 unspecified atom stereocenters. The summed E-state index contributed by atoms with van der Waals surface area (Å²) in [7, 11) is 0. The number of hydrogen-bond donors (Lipinski definition) is 1. The normalized spacial score (nSPS) is 14.4. The number of ether oxygens (including phenoxy) is 2. The van der Waals surface area contributed by atoms with Crippen LogP contribution in [-0.4, -0.2) is 43.0 Å². The molecule has 1 heterocycles. The quantitative estimate of drug-likeness (QED) is 0.657. The molecular formula is C23H26F2N2O4. The van der Waals surface area contributed by atoms with Gasteiger partial charge in [-0.1, -0.05) is 36.4 Å². The number of benzene rings is 2. The predicted octanol–water partition coefficient (Wildman–Crippen LogP) is 3.61. The van der Waals surface area contributed by atoms with Crippen molar-refractivity contribution in [2.45, 2.75) is 32.4 Å². The van der Waals surface area contributed by atoms with Gasteiger partial charge in [0, 0.05) is 31.1 Å². The molecule has 0 spiro atoms. The lowest BCUT2D eigenvalue weighted by molar-refractivity contribution is -0.136. The van der Waals surface area contributed by atoms with Gasteiger partial charge in [-0.2, -0.15) is 8.78 Å². The molecule has 1 N–H and O–H groups in total. The monoisotopic (exact) mass is 432 g/mol. The first kappa shape index (κ1) is 22.5. The van der Waals surface area contributed by atoms with E-state index in [-0.39, 0.29) is 36.4 Å². The summed E-state index contributed by atoms with van der Waals surface area (Å²) in [6.45, 7) is -1.49. The molecule has 2 aromatic carbocycles. The van der Waals surface area contributed by atoms with Gasteiger partial charge in [0.05, 0.1) is 13.0 Å². The van der Waals surface area contributed by atoms with Gasteiger partial charge in [-0.05, 0) is 31.0 Å². The van der Waals surface area contributed by atoms with Crippen molar-refractivity contribution in [1.82, 2.24) is 10.2 Å². The Labute approximate surface area is 180 Å². The molecule has 0 bridgehead atoms. The highest BCUT2D eigenvalue weighted by molar-refractivity contribution is 5.80. The molecule has 1 aliphatic rings. The number of nitrogens with zero attached hydrogens (tertiary/aromatic N) is 1. The fourth-order valence-electron chi connectivity index (χ4n) is 3.51. The molecule has 2 aromatic rings. The smallest absolute Gasteiger partial charge is 0.387 e. The molecule has 3 rings (SSSR count). The molecule has 31 heavy (non-hydrogen) atoms. The van der Waals surface area contributed by atoms with Crippen LogP contribution in [0.5, 0.6) is 11.5 Å². The molecule has 6 nitrogen and oxygen atoms in total. The molecule has 0 radical (unpaired) electrons. The van der Waals surface area contributed by atoms with Crippen LogP contribution in [0, 0.1) is 5.92 Å². The van der Waals surface area contributed by atoms with Gasteiger partial charge in [0.1, 0.15) is 11.5 Å². The molecule has 0 aromatic heterocycles. The summed E-state index contributed by atoms with van der Waals surface area (Å²) in [4.78, 5) is 26.6. The lowest BCUT2D eigenvalue weighted by Crippen LogP contribution is -2.43. The van der Waals surface area contributed by atoms with Crippen LogP contribution in [0.4, 0.5) is 8.78 Å². The van der Waals surface area contributed by atoms with E-state index < -0.39 is 6.61 Å². The number of rotatable bonds is 9. The average Bonchev–Trinajstić information content (AvgIpc) is 2.78. The summed E-state index contributed by atoms with van der Waals surface area (Å²) in [6.07, 6.45) is 1.41. The largest absolute Gasteiger partial charge is 0.493 e. The molecule has 166 valence electrons. The van der Waals surface area contributed by atoms with E-state index >= 15 is 0 Å². The molecule has 1 fully saturated rings. The summed E-state index contributed by atoms with van der Waals surface area (Å²) >= 11 is 0. The summed E-state index contributed by atoms with van der Waals surface area (Å²) < 4.78 is 35.1. The Bertz CT molecular complexity index is 856. The number of likely N-dealkylation sites (tertiary alicyclic amines) is 1. The lowest BCUT2D eigenvalue weighted by Gasteiger charge is -2.31. The first-order chi connectivity index (χ1) is 15.0. The maximum atomic E-state index is 12.5. The summed E-state index contributed by atoms with van der Waals surface area (Å²) in [5.74, 6) is 0.425. The number of halogens is 2. The molecule has 0 saturated carbocycles. The van der Waals surface area contributed by atoms with E-state index in [2.05, 4.69) is 10.1 Å². The van der Waals surface area contributed by atoms with Crippen molar-refractivity contribution in [2.24, 2.45) is 5.92 Å². The zero-order valence-electron chi connectivity index (χ0n) is 17.1. The molecule has 1 saturated heterocycles. The second-order valence-corrected chi connectivity index (χ2v) is 7.27. The minimum atomic E-state index is -2.92. The van der Waals surface area contributed by atoms with E-state index in [0.717, 1.165) is 5.75 Å². The minimum absolute atomic E-state index is 0.00728. The van der Waals surface area contributed by atoms with Crippen LogP contribution in [0.1, 0.15) is 24.8 Å². The molecule has 8 heteroatoms. The Morgan fingerprint density at radius 2 is 1.71 bits per heavy atom. The Morgan fingerprint density at radius 1 is 1.03 bits per heavy atom. The Hall–Kier alpha value is -3.16. The Kier molecular flexibility index (Phi) is 8.20. The average molecular weight is 432 g/mol. The van der Waals surface area contributed by atoms with Gasteiger partial charge in [0.2, 0.25) is 11.8 Å². The van der Waals surface area contributed by atoms with Gasteiger partial charge >= 0.3 is 6.61 Å². The van der Waals surface area contributed by atoms with Gasteiger partial charge in [-0.15, -0.1) is 0 Å². The maximum Gasteiger partial charge on any atom is 0.387 e. The first-order valence-electron chi connectivity index (χ1n) is 10.3. The summed E-state index contributed by atoms with van der Waals surface area (Å²) in [5.41, 5.74) is 0.488. The molecule has 0 aliphatic carbocycles. The highest BCUT2D eigenvalue weighted by Gasteiger charge is 2.27. The fraction of sp³-hybridized carbons (Fsp3) is 0.391. The van der Waals surface area contributed by atoms with Gasteiger partial charge in [0.25, 0.3) is 0 Å². The molecule has 0 atom stereocenters. The highest BCUT2D eigenvalue weighted by atomic mass is 19.3. The van der Waals surface area contributed by atoms with Crippen LogP contribution in [-0.2, 0) is 16.1 Å². The third-order valence-electron chi connectivity index (χ3n) is 5.19. The fourth-order valence-corrected chi connectivity index (χ4v) is 3.51. The zero-order chi connectivity index (χ0) is 22.1. The molecular weight excluding hydrogens is 406 g/mol. The third-order valence-corrected chi connectivity index (χ3v) is 5.19. The van der Waals surface area contributed by atoms with Crippen molar-refractivity contribution in [3.05, 3.63) is 60.2 Å². The lowest BCUT2D eigenvalue weighted by atomic mass is 9.95. The van der Waals surface area contributed by atoms with Gasteiger partial charge in [-0.3, -0.25) is 9.59 Å². The van der Waals surface area contributed by atoms with Crippen molar-refractivity contribution in [3.63, 3.8) is 0 Å². The second kappa shape index (κ2) is 11.3. The van der Waals surface area contributed by atoms with Crippen molar-refractivity contribution in [1.29, 1.82) is 0 Å². The number of amides is 2. The van der Waals surface area contributed by atoms with E-state index in [4.69, 9.17) is 4.74 Å². The van der Waals surface area contributed by atoms with Gasteiger partial charge in [0.15, 0.2) is 0 Å². The number of carbonyl (C=O) groups is 2. The van der Waals surface area contributed by atoms with E-state index in [1.54, 1.807) is 23.1 Å². The Morgan fingerprint density at radius 3 is 2.42 bits per heavy atom. The van der Waals surface area contributed by atoms with E-state index in [0.29, 0.717) is 38.1 Å². The van der Waals surface area contributed by atoms with Crippen LogP contribution in [0.3, 0.4) is 0 Å². The van der Waals surface area contributed by atoms with Crippen LogP contribution in [0.25, 0.3) is 0 Å². The highest BCUT2D eigenvalue weighted by Crippen LogP contribution is 2.22. The third kappa shape index (κ3) is 6.94. The van der Waals surface area contributed by atoms with E-state index in [9.17, 15) is 18.4 Å². The number of piperidine rings is 1. The second-order valence-electron chi connectivity index (χ2n) is 7.27. The van der Waals surface area contributed by atoms with Gasteiger partial charge in [-0.25, -0.2) is 0 Å². The van der Waals surface area contributed by atoms with Crippen molar-refractivity contribution in [3.8, 4) is 11.5 Å². The van der Waals surface area contributed by atoms with Crippen LogP contribution < -0.4 is 14.8 Å². The SMILES string of the molecule is O=C(NCc1ccccc1OC(F)F)C1CCN(C(=O)CCOc2ccccc2)CC1. The number of nitrogens with one attached hydrogen (secondary N) is 1. The van der Waals surface area contributed by atoms with Crippen molar-refractivity contribution >= 4 is 11.8 Å². The van der Waals surface area contributed by atoms with E-state index in [1.807, 2.05) is 30.3 Å². The van der Waals surface area contributed by atoms with Crippen molar-refractivity contribution < 1.29 is 27.8 Å². The minimum Gasteiger partial charge on any atom is -0.493 e. The summed E-state index contributed by atoms with van der Waals surface area (Å²) in [5, 5.41) is 2.79. The van der Waals surface area contributed by atoms with Crippen molar-refractivity contribution in [2.75, 3.05) is 19.7 Å². The summed E-state index contributed by atoms with van der Waals surface area (Å²) in [6, 6.07) is 15.7. The van der Waals surface area contributed by atoms with Crippen LogP contribution >= 0.6 is 0 Å². The maximum absolute atomic E-state index is 12.5. The number of alkyl halides is 2. The number of carbonyl (C=O) groups excluding carboxylic acids is 2. The molecule has 1 aliphatic heterocycles. The molecule has 2 amide bonds. The van der Waals surface area contributed by atoms with E-state index in [1.165, 1.54) is 6.07 Å². The number of hydrogen-bond acceptors (Lipinski definition) is 4. The standard InChI is InChI=1S/C23H26F2N2O4/c24-23(25)31-20-9-5-4-6-18(20)16-26-22(29)17-10-13-27(14-11-17)21(28)12-15-30-19-7-2-1-3-8-19/h1-9,17,23H,10-16H2,(H,26,29). The van der Waals surface area contributed by atoms with Crippen LogP contribution in [0.15, 0.2) is 54.6 Å². The predicted molar refractivity (Wildman–Crippen MR) is 111 cm³/mol. The Balaban J connectivity index is 1.39. The zero-order valence-corrected chi connectivity index (χ0v) is 17.1.